The van der Waals surface area contributed by atoms with Crippen LogP contribution in [0.2, 0.25) is 0 Å². The number of anilines is 1. The molecule has 0 atom stereocenters. The fraction of sp³-hybridized carbons (Fsp3) is 0.538. The maximum Gasteiger partial charge on any atom is 0.256 e. The Bertz CT molecular complexity index is 484. The first kappa shape index (κ1) is 11.9. The fourth-order valence-corrected chi connectivity index (χ4v) is 2.18. The van der Waals surface area contributed by atoms with E-state index in [-0.39, 0.29) is 5.56 Å². The molecule has 0 aromatic carbocycles. The zero-order valence-corrected chi connectivity index (χ0v) is 10.5. The first-order chi connectivity index (χ1) is 8.08. The average Bonchev–Trinajstić information content (AvgIpc) is 2.76. The number of aryl methyl sites for hydroxylation is 1. The number of nitrogens with zero attached hydrogens (tertiary/aromatic N) is 2. The Labute approximate surface area is 101 Å². The maximum absolute atomic E-state index is 12.0. The molecule has 1 N–H and O–H groups in total. The van der Waals surface area contributed by atoms with Gasteiger partial charge in [0.2, 0.25) is 5.95 Å². The van der Waals surface area contributed by atoms with Crippen molar-refractivity contribution in [2.45, 2.75) is 33.1 Å². The quantitative estimate of drug-likeness (QED) is 0.810. The highest BCUT2D eigenvalue weighted by molar-refractivity contribution is 5.34. The van der Waals surface area contributed by atoms with Crippen molar-refractivity contribution < 1.29 is 0 Å². The number of rotatable bonds is 3. The zero-order valence-electron chi connectivity index (χ0n) is 10.5. The van der Waals surface area contributed by atoms with Gasteiger partial charge in [0, 0.05) is 25.1 Å². The number of allylic oxidation sites excluding steroid dienone is 1. The molecule has 1 aromatic rings. The third-order valence-electron chi connectivity index (χ3n) is 3.09. The lowest BCUT2D eigenvalue weighted by Gasteiger charge is -2.17. The number of nitrogens with one attached hydrogen (secondary N) is 1. The molecule has 1 fully saturated rings. The summed E-state index contributed by atoms with van der Waals surface area (Å²) in [5, 5.41) is 0. The molecule has 4 nitrogen and oxygen atoms in total. The van der Waals surface area contributed by atoms with Crippen LogP contribution in [0.25, 0.3) is 0 Å². The highest BCUT2D eigenvalue weighted by Gasteiger charge is 2.16. The number of hydrogen-bond donors (Lipinski definition) is 1. The molecule has 1 aromatic heterocycles. The smallest absolute Gasteiger partial charge is 0.256 e. The molecule has 2 rings (SSSR count). The van der Waals surface area contributed by atoms with Gasteiger partial charge in [-0.2, -0.15) is 0 Å². The van der Waals surface area contributed by atoms with E-state index in [0.717, 1.165) is 35.9 Å². The molecule has 1 saturated heterocycles. The van der Waals surface area contributed by atoms with Gasteiger partial charge in [-0.05, 0) is 26.7 Å². The molecular weight excluding hydrogens is 214 g/mol. The predicted molar refractivity (Wildman–Crippen MR) is 69.6 cm³/mol. The molecule has 0 radical (unpaired) electrons. The summed E-state index contributed by atoms with van der Waals surface area (Å²) >= 11 is 0. The summed E-state index contributed by atoms with van der Waals surface area (Å²) in [6.07, 6.45) is 2.96. The number of hydrogen-bond acceptors (Lipinski definition) is 3. The van der Waals surface area contributed by atoms with Crippen LogP contribution in [0.5, 0.6) is 0 Å². The molecule has 4 heteroatoms. The minimum absolute atomic E-state index is 0.0256. The second-order valence-corrected chi connectivity index (χ2v) is 4.78. The molecule has 1 aliphatic rings. The van der Waals surface area contributed by atoms with Crippen LogP contribution in [-0.4, -0.2) is 23.1 Å². The Hall–Kier alpha value is -1.58. The first-order valence-corrected chi connectivity index (χ1v) is 6.07. The number of aromatic nitrogens is 2. The van der Waals surface area contributed by atoms with Gasteiger partial charge in [-0.15, -0.1) is 0 Å². The number of H-pyrrole nitrogens is 1. The third kappa shape index (κ3) is 2.57. The topological polar surface area (TPSA) is 49.0 Å². The molecule has 0 unspecified atom stereocenters. The van der Waals surface area contributed by atoms with E-state index in [2.05, 4.69) is 21.4 Å². The summed E-state index contributed by atoms with van der Waals surface area (Å²) in [7, 11) is 0. The van der Waals surface area contributed by atoms with Crippen LogP contribution >= 0.6 is 0 Å². The zero-order chi connectivity index (χ0) is 12.4. The molecule has 0 bridgehead atoms. The lowest BCUT2D eigenvalue weighted by Crippen LogP contribution is -2.26. The van der Waals surface area contributed by atoms with Crippen molar-refractivity contribution in [3.63, 3.8) is 0 Å². The Morgan fingerprint density at radius 2 is 2.12 bits per heavy atom. The lowest BCUT2D eigenvalue weighted by atomic mass is 10.1. The lowest BCUT2D eigenvalue weighted by molar-refractivity contribution is 0.862. The van der Waals surface area contributed by atoms with Gasteiger partial charge in [0.15, 0.2) is 0 Å². The summed E-state index contributed by atoms with van der Waals surface area (Å²) in [5.41, 5.74) is 2.51. The molecule has 0 aliphatic carbocycles. The molecule has 2 heterocycles. The predicted octanol–water partition coefficient (Wildman–Crippen LogP) is 1.80. The van der Waals surface area contributed by atoms with Gasteiger partial charge < -0.3 is 4.90 Å². The van der Waals surface area contributed by atoms with Crippen LogP contribution in [0.1, 0.15) is 31.0 Å². The monoisotopic (exact) mass is 233 g/mol. The molecule has 92 valence electrons. The first-order valence-electron chi connectivity index (χ1n) is 6.07. The maximum atomic E-state index is 12.0. The van der Waals surface area contributed by atoms with Gasteiger partial charge >= 0.3 is 0 Å². The summed E-state index contributed by atoms with van der Waals surface area (Å²) < 4.78 is 0. The molecule has 0 spiro atoms. The summed E-state index contributed by atoms with van der Waals surface area (Å²) in [5.74, 6) is 0.718. The van der Waals surface area contributed by atoms with E-state index in [0.29, 0.717) is 6.42 Å². The van der Waals surface area contributed by atoms with Gasteiger partial charge in [0.1, 0.15) is 0 Å². The minimum atomic E-state index is -0.0256. The molecule has 1 aliphatic heterocycles. The van der Waals surface area contributed by atoms with E-state index in [1.807, 2.05) is 13.8 Å². The normalized spacial score (nSPS) is 15.3. The molecule has 17 heavy (non-hydrogen) atoms. The van der Waals surface area contributed by atoms with E-state index < -0.39 is 0 Å². The second-order valence-electron chi connectivity index (χ2n) is 4.78. The van der Waals surface area contributed by atoms with Gasteiger partial charge in [0.05, 0.1) is 5.69 Å². The van der Waals surface area contributed by atoms with Crippen molar-refractivity contribution in [3.8, 4) is 0 Å². The van der Waals surface area contributed by atoms with Crippen LogP contribution in [-0.2, 0) is 6.42 Å². The largest absolute Gasteiger partial charge is 0.342 e. The van der Waals surface area contributed by atoms with Gasteiger partial charge in [-0.3, -0.25) is 9.78 Å². The van der Waals surface area contributed by atoms with Gasteiger partial charge in [-0.1, -0.05) is 12.2 Å². The van der Waals surface area contributed by atoms with Crippen molar-refractivity contribution in [3.05, 3.63) is 33.8 Å². The van der Waals surface area contributed by atoms with E-state index in [4.69, 9.17) is 0 Å². The standard InChI is InChI=1S/C13H19N3O/c1-9(2)8-11-10(3)14-13(15-12(11)17)16-6-4-5-7-16/h1,4-8H2,2-3H3,(H,14,15,17). The number of aromatic amines is 1. The van der Waals surface area contributed by atoms with Gasteiger partial charge in [0.25, 0.3) is 5.56 Å². The SMILES string of the molecule is C=C(C)Cc1c(C)nc(N2CCCC2)[nH]c1=O. The second kappa shape index (κ2) is 4.73. The van der Waals surface area contributed by atoms with E-state index in [1.165, 1.54) is 12.8 Å². The summed E-state index contributed by atoms with van der Waals surface area (Å²) in [6, 6.07) is 0. The van der Waals surface area contributed by atoms with E-state index in [9.17, 15) is 4.79 Å². The van der Waals surface area contributed by atoms with Crippen LogP contribution in [0.15, 0.2) is 16.9 Å². The Balaban J connectivity index is 2.34. The van der Waals surface area contributed by atoms with Crippen molar-refractivity contribution in [1.82, 2.24) is 9.97 Å². The Morgan fingerprint density at radius 1 is 1.47 bits per heavy atom. The van der Waals surface area contributed by atoms with Crippen molar-refractivity contribution in [2.24, 2.45) is 0 Å². The minimum Gasteiger partial charge on any atom is -0.342 e. The van der Waals surface area contributed by atoms with Crippen LogP contribution < -0.4 is 10.5 Å². The average molecular weight is 233 g/mol. The molecule has 0 saturated carbocycles. The van der Waals surface area contributed by atoms with Crippen LogP contribution in [0.4, 0.5) is 5.95 Å². The van der Waals surface area contributed by atoms with E-state index >= 15 is 0 Å². The highest BCUT2D eigenvalue weighted by atomic mass is 16.1. The third-order valence-corrected chi connectivity index (χ3v) is 3.09. The van der Waals surface area contributed by atoms with E-state index in [1.54, 1.807) is 0 Å². The summed E-state index contributed by atoms with van der Waals surface area (Å²) in [6.45, 7) is 9.64. The van der Waals surface area contributed by atoms with Crippen LogP contribution in [0, 0.1) is 6.92 Å². The fourth-order valence-electron chi connectivity index (χ4n) is 2.18. The van der Waals surface area contributed by atoms with Crippen LogP contribution in [0.3, 0.4) is 0 Å². The molecular formula is C13H19N3O. The van der Waals surface area contributed by atoms with Gasteiger partial charge in [-0.25, -0.2) is 4.98 Å². The summed E-state index contributed by atoms with van der Waals surface area (Å²) in [4.78, 5) is 21.5. The highest BCUT2D eigenvalue weighted by Crippen LogP contribution is 2.15. The van der Waals surface area contributed by atoms with Crippen molar-refractivity contribution in [1.29, 1.82) is 0 Å². The Kier molecular flexibility index (Phi) is 3.31. The Morgan fingerprint density at radius 3 is 2.65 bits per heavy atom. The van der Waals surface area contributed by atoms with Crippen molar-refractivity contribution >= 4 is 5.95 Å². The van der Waals surface area contributed by atoms with Crippen molar-refractivity contribution in [2.75, 3.05) is 18.0 Å². The molecule has 0 amide bonds.